The fraction of sp³-hybridized carbons (Fsp3) is 0.667. The molecule has 0 saturated heterocycles. The van der Waals surface area contributed by atoms with Crippen molar-refractivity contribution in [2.75, 3.05) is 21.1 Å². The van der Waals surface area contributed by atoms with Crippen molar-refractivity contribution in [3.05, 3.63) is 0 Å². The van der Waals surface area contributed by atoms with Crippen LogP contribution >= 0.6 is 0 Å². The van der Waals surface area contributed by atoms with Crippen molar-refractivity contribution >= 4 is 12.1 Å². The van der Waals surface area contributed by atoms with Crippen molar-refractivity contribution in [1.82, 2.24) is 0 Å². The van der Waals surface area contributed by atoms with Gasteiger partial charge in [0, 0.05) is 0 Å². The Morgan fingerprint density at radius 1 is 1.38 bits per heavy atom. The molecule has 0 radical (unpaired) electrons. The van der Waals surface area contributed by atoms with Crippen LogP contribution in [-0.4, -0.2) is 49.0 Å². The van der Waals surface area contributed by atoms with Crippen LogP contribution in [-0.2, 0) is 4.79 Å². The third kappa shape index (κ3) is 10.7. The van der Waals surface area contributed by atoms with Gasteiger partial charge in [-0.2, -0.15) is 0 Å². The number of carbonyl (C=O) groups excluding carboxylic acids is 1. The maximum absolute atomic E-state index is 10.1. The SMILES string of the molecule is C[N+](C)(C)C(N)C(=O)[O-].NC(=O)O. The van der Waals surface area contributed by atoms with Crippen LogP contribution in [0.25, 0.3) is 0 Å². The van der Waals surface area contributed by atoms with Crippen LogP contribution < -0.4 is 16.6 Å². The first-order chi connectivity index (χ1) is 5.59. The van der Waals surface area contributed by atoms with Crippen molar-refractivity contribution in [2.24, 2.45) is 11.5 Å². The van der Waals surface area contributed by atoms with E-state index in [4.69, 9.17) is 15.6 Å². The zero-order chi connectivity index (χ0) is 11.2. The number of amides is 1. The molecule has 0 heterocycles. The Morgan fingerprint density at radius 2 is 1.62 bits per heavy atom. The first-order valence-electron chi connectivity index (χ1n) is 3.35. The number of quaternary nitrogens is 1. The highest BCUT2D eigenvalue weighted by atomic mass is 16.4. The van der Waals surface area contributed by atoms with Crippen LogP contribution in [0.15, 0.2) is 0 Å². The Hall–Kier alpha value is -1.34. The summed E-state index contributed by atoms with van der Waals surface area (Å²) in [7, 11) is 5.08. The monoisotopic (exact) mass is 193 g/mol. The Labute approximate surface area is 76.1 Å². The van der Waals surface area contributed by atoms with E-state index in [1.807, 2.05) is 0 Å². The molecular weight excluding hydrogens is 178 g/mol. The Bertz CT molecular complexity index is 183. The maximum atomic E-state index is 10.1. The van der Waals surface area contributed by atoms with Crippen molar-refractivity contribution in [1.29, 1.82) is 0 Å². The number of hydrogen-bond donors (Lipinski definition) is 3. The molecule has 1 atom stereocenters. The molecule has 0 fully saturated rings. The zero-order valence-electron chi connectivity index (χ0n) is 7.85. The van der Waals surface area contributed by atoms with Crippen molar-refractivity contribution < 1.29 is 24.3 Å². The molecule has 0 aliphatic heterocycles. The molecule has 1 unspecified atom stereocenters. The van der Waals surface area contributed by atoms with Crippen molar-refractivity contribution in [3.8, 4) is 0 Å². The summed E-state index contributed by atoms with van der Waals surface area (Å²) in [6.07, 6.45) is -2.27. The number of primary amides is 1. The van der Waals surface area contributed by atoms with Gasteiger partial charge in [-0.3, -0.25) is 5.73 Å². The second kappa shape index (κ2) is 5.33. The molecule has 0 spiro atoms. The predicted molar refractivity (Wildman–Crippen MR) is 43.2 cm³/mol. The lowest BCUT2D eigenvalue weighted by Crippen LogP contribution is -2.59. The molecule has 13 heavy (non-hydrogen) atoms. The van der Waals surface area contributed by atoms with Crippen LogP contribution in [0.2, 0.25) is 0 Å². The zero-order valence-corrected chi connectivity index (χ0v) is 7.85. The Morgan fingerprint density at radius 3 is 1.62 bits per heavy atom. The summed E-state index contributed by atoms with van der Waals surface area (Å²) < 4.78 is 0.183. The second-order valence-electron chi connectivity index (χ2n) is 3.22. The molecule has 1 amide bonds. The molecule has 0 saturated carbocycles. The number of hydrogen-bond acceptors (Lipinski definition) is 4. The van der Waals surface area contributed by atoms with Crippen LogP contribution in [0.5, 0.6) is 0 Å². The van der Waals surface area contributed by atoms with Crippen LogP contribution in [0, 0.1) is 0 Å². The van der Waals surface area contributed by atoms with Gasteiger partial charge in [0.2, 0.25) is 0 Å². The summed E-state index contributed by atoms with van der Waals surface area (Å²) >= 11 is 0. The molecule has 0 bridgehead atoms. The third-order valence-electron chi connectivity index (χ3n) is 1.08. The summed E-state index contributed by atoms with van der Waals surface area (Å²) in [5.74, 6) is -1.22. The lowest BCUT2D eigenvalue weighted by atomic mass is 10.4. The number of rotatable bonds is 2. The first kappa shape index (κ1) is 14.2. The molecule has 0 aliphatic carbocycles. The molecule has 0 aromatic carbocycles. The highest BCUT2D eigenvalue weighted by Crippen LogP contribution is 1.92. The highest BCUT2D eigenvalue weighted by molar-refractivity contribution is 5.68. The van der Waals surface area contributed by atoms with E-state index in [9.17, 15) is 9.90 Å². The van der Waals surface area contributed by atoms with Gasteiger partial charge in [-0.1, -0.05) is 0 Å². The molecule has 7 heteroatoms. The molecule has 78 valence electrons. The average molecular weight is 193 g/mol. The largest absolute Gasteiger partial charge is 0.543 e. The standard InChI is InChI=1S/C5H12N2O2.CH3NO2/c1-7(2,3)4(6)5(8)9;2-1(3)4/h4H,6H2,1-3H3;2H2,(H,3,4). The number of likely N-dealkylation sites (N-methyl/N-ethyl adjacent to an activating group) is 1. The van der Waals surface area contributed by atoms with Gasteiger partial charge in [0.15, 0.2) is 6.17 Å². The number of carbonyl (C=O) groups is 2. The van der Waals surface area contributed by atoms with Crippen LogP contribution in [0.1, 0.15) is 0 Å². The van der Waals surface area contributed by atoms with E-state index in [0.29, 0.717) is 0 Å². The number of nitrogens with two attached hydrogens (primary N) is 2. The maximum Gasteiger partial charge on any atom is 0.402 e. The van der Waals surface area contributed by atoms with Crippen molar-refractivity contribution in [3.63, 3.8) is 0 Å². The van der Waals surface area contributed by atoms with E-state index in [2.05, 4.69) is 5.73 Å². The fourth-order valence-corrected chi connectivity index (χ4v) is 0.316. The van der Waals surface area contributed by atoms with E-state index in [1.165, 1.54) is 0 Å². The third-order valence-corrected chi connectivity index (χ3v) is 1.08. The highest BCUT2D eigenvalue weighted by Gasteiger charge is 2.18. The Kier molecular flexibility index (Phi) is 5.82. The van der Waals surface area contributed by atoms with Gasteiger partial charge in [0.25, 0.3) is 0 Å². The van der Waals surface area contributed by atoms with E-state index in [-0.39, 0.29) is 4.48 Å². The average Bonchev–Trinajstić information content (AvgIpc) is 1.82. The summed E-state index contributed by atoms with van der Waals surface area (Å²) in [5, 5.41) is 17.3. The molecule has 7 nitrogen and oxygen atoms in total. The van der Waals surface area contributed by atoms with Crippen LogP contribution in [0.3, 0.4) is 0 Å². The molecule has 0 aromatic heterocycles. The summed E-state index contributed by atoms with van der Waals surface area (Å²) in [4.78, 5) is 18.9. The fourth-order valence-electron chi connectivity index (χ4n) is 0.316. The van der Waals surface area contributed by atoms with Gasteiger partial charge >= 0.3 is 6.09 Å². The summed E-state index contributed by atoms with van der Waals surface area (Å²) in [6.45, 7) is 0. The van der Waals surface area contributed by atoms with Gasteiger partial charge < -0.3 is 25.2 Å². The topological polar surface area (TPSA) is 129 Å². The molecular formula is C6H15N3O4. The van der Waals surface area contributed by atoms with E-state index in [0.717, 1.165) is 0 Å². The van der Waals surface area contributed by atoms with E-state index >= 15 is 0 Å². The Balaban J connectivity index is 0. The van der Waals surface area contributed by atoms with Crippen molar-refractivity contribution in [2.45, 2.75) is 6.17 Å². The normalized spacial score (nSPS) is 12.3. The van der Waals surface area contributed by atoms with Gasteiger partial charge in [0.1, 0.15) is 5.97 Å². The number of aliphatic carboxylic acids is 1. The van der Waals surface area contributed by atoms with Gasteiger partial charge in [0.05, 0.1) is 21.1 Å². The second-order valence-corrected chi connectivity index (χ2v) is 3.22. The minimum absolute atomic E-state index is 0.183. The summed E-state index contributed by atoms with van der Waals surface area (Å²) in [6, 6.07) is 0. The lowest BCUT2D eigenvalue weighted by molar-refractivity contribution is -0.889. The molecule has 0 aromatic rings. The van der Waals surface area contributed by atoms with Gasteiger partial charge in [-0.15, -0.1) is 0 Å². The number of nitrogens with zero attached hydrogens (tertiary/aromatic N) is 1. The molecule has 0 aliphatic rings. The minimum Gasteiger partial charge on any atom is -0.543 e. The smallest absolute Gasteiger partial charge is 0.402 e. The molecule has 5 N–H and O–H groups in total. The minimum atomic E-state index is -1.33. The van der Waals surface area contributed by atoms with E-state index < -0.39 is 18.2 Å². The van der Waals surface area contributed by atoms with Crippen LogP contribution in [0.4, 0.5) is 4.79 Å². The van der Waals surface area contributed by atoms with Gasteiger partial charge in [-0.25, -0.2) is 4.79 Å². The quantitative estimate of drug-likeness (QED) is 0.326. The lowest BCUT2D eigenvalue weighted by Gasteiger charge is -2.31. The van der Waals surface area contributed by atoms with E-state index in [1.54, 1.807) is 21.1 Å². The summed E-state index contributed by atoms with van der Waals surface area (Å²) in [5.41, 5.74) is 9.23. The molecule has 0 rings (SSSR count). The van der Waals surface area contributed by atoms with Gasteiger partial charge in [-0.05, 0) is 0 Å². The first-order valence-corrected chi connectivity index (χ1v) is 3.35. The predicted octanol–water partition coefficient (Wildman–Crippen LogP) is -2.65. The number of carboxylic acids is 1. The number of carboxylic acid groups (broad SMARTS) is 2.